The number of aromatic nitrogens is 2. The minimum Gasteiger partial charge on any atom is -0.481 e. The number of carbonyl (C=O) groups is 1. The van der Waals surface area contributed by atoms with Crippen molar-refractivity contribution in [3.05, 3.63) is 84.4 Å². The van der Waals surface area contributed by atoms with Crippen molar-refractivity contribution in [1.82, 2.24) is 10.1 Å². The lowest BCUT2D eigenvalue weighted by atomic mass is 10.2. The van der Waals surface area contributed by atoms with Gasteiger partial charge in [0.15, 0.2) is 6.10 Å². The second-order valence-electron chi connectivity index (χ2n) is 6.71. The van der Waals surface area contributed by atoms with Crippen molar-refractivity contribution in [2.24, 2.45) is 0 Å². The van der Waals surface area contributed by atoms with Crippen LogP contribution in [0.15, 0.2) is 77.3 Å². The van der Waals surface area contributed by atoms with E-state index in [1.54, 1.807) is 43.3 Å². The first-order chi connectivity index (χ1) is 15.0. The van der Waals surface area contributed by atoms with Crippen LogP contribution in [0.25, 0.3) is 22.8 Å². The van der Waals surface area contributed by atoms with E-state index in [1.165, 1.54) is 36.4 Å². The number of anilines is 1. The molecule has 0 aliphatic rings. The Balaban J connectivity index is 1.39. The molecule has 4 rings (SSSR count). The molecule has 0 aliphatic heterocycles. The summed E-state index contributed by atoms with van der Waals surface area (Å²) in [5.41, 5.74) is 1.85. The molecule has 1 amide bonds. The minimum absolute atomic E-state index is 0.296. The number of nitrogens with one attached hydrogen (secondary N) is 1. The third kappa shape index (κ3) is 4.92. The van der Waals surface area contributed by atoms with Crippen molar-refractivity contribution in [3.63, 3.8) is 0 Å². The molecule has 0 fully saturated rings. The minimum atomic E-state index is -0.778. The summed E-state index contributed by atoms with van der Waals surface area (Å²) in [6, 6.07) is 18.1. The summed E-state index contributed by atoms with van der Waals surface area (Å²) in [5.74, 6) is -0.0383. The molecule has 31 heavy (non-hydrogen) atoms. The summed E-state index contributed by atoms with van der Waals surface area (Å²) >= 11 is 0. The van der Waals surface area contributed by atoms with Gasteiger partial charge in [-0.15, -0.1) is 0 Å². The van der Waals surface area contributed by atoms with Gasteiger partial charge in [-0.2, -0.15) is 4.98 Å². The van der Waals surface area contributed by atoms with E-state index >= 15 is 0 Å². The Morgan fingerprint density at radius 3 is 2.13 bits per heavy atom. The highest BCUT2D eigenvalue weighted by Gasteiger charge is 2.16. The molecule has 8 heteroatoms. The summed E-state index contributed by atoms with van der Waals surface area (Å²) in [6.07, 6.45) is -0.778. The Morgan fingerprint density at radius 2 is 1.48 bits per heavy atom. The van der Waals surface area contributed by atoms with Crippen LogP contribution in [0.5, 0.6) is 5.75 Å². The van der Waals surface area contributed by atoms with Gasteiger partial charge in [0.25, 0.3) is 11.8 Å². The molecule has 1 N–H and O–H groups in total. The summed E-state index contributed by atoms with van der Waals surface area (Å²) in [7, 11) is 0. The molecular weight excluding hydrogens is 404 g/mol. The summed E-state index contributed by atoms with van der Waals surface area (Å²) in [4.78, 5) is 16.7. The lowest BCUT2D eigenvalue weighted by Crippen LogP contribution is -2.30. The Labute approximate surface area is 176 Å². The van der Waals surface area contributed by atoms with E-state index in [1.807, 2.05) is 0 Å². The molecule has 3 aromatic carbocycles. The number of halogens is 2. The Bertz CT molecular complexity index is 1170. The van der Waals surface area contributed by atoms with Gasteiger partial charge >= 0.3 is 0 Å². The maximum Gasteiger partial charge on any atom is 0.265 e. The van der Waals surface area contributed by atoms with Crippen molar-refractivity contribution < 1.29 is 22.8 Å². The van der Waals surface area contributed by atoms with Crippen molar-refractivity contribution in [2.45, 2.75) is 13.0 Å². The van der Waals surface area contributed by atoms with Crippen LogP contribution in [0.3, 0.4) is 0 Å². The van der Waals surface area contributed by atoms with E-state index in [0.29, 0.717) is 34.3 Å². The molecule has 0 spiro atoms. The number of carbonyl (C=O) groups excluding carboxylic acids is 1. The highest BCUT2D eigenvalue weighted by atomic mass is 19.1. The van der Waals surface area contributed by atoms with Gasteiger partial charge in [0.05, 0.1) is 0 Å². The van der Waals surface area contributed by atoms with E-state index in [0.717, 1.165) is 0 Å². The number of amides is 1. The first-order valence-corrected chi connectivity index (χ1v) is 9.41. The largest absolute Gasteiger partial charge is 0.481 e. The van der Waals surface area contributed by atoms with Gasteiger partial charge in [-0.1, -0.05) is 5.16 Å². The lowest BCUT2D eigenvalue weighted by molar-refractivity contribution is -0.122. The normalized spacial score (nSPS) is 11.7. The van der Waals surface area contributed by atoms with Crippen LogP contribution in [-0.2, 0) is 4.79 Å². The molecule has 0 bridgehead atoms. The first kappa shape index (κ1) is 20.2. The second kappa shape index (κ2) is 8.74. The first-order valence-electron chi connectivity index (χ1n) is 9.41. The van der Waals surface area contributed by atoms with Crippen LogP contribution in [-0.4, -0.2) is 22.2 Å². The fourth-order valence-electron chi connectivity index (χ4n) is 2.77. The van der Waals surface area contributed by atoms with Gasteiger partial charge in [0, 0.05) is 16.8 Å². The SMILES string of the molecule is C[C@H](Oc1ccc(F)cc1)C(=O)Nc1ccc(-c2nc(-c3ccc(F)cc3)no2)cc1. The molecule has 4 aromatic rings. The van der Waals surface area contributed by atoms with Crippen LogP contribution in [0.4, 0.5) is 14.5 Å². The third-order valence-electron chi connectivity index (χ3n) is 4.42. The molecule has 0 radical (unpaired) electrons. The van der Waals surface area contributed by atoms with Gasteiger partial charge in [0.1, 0.15) is 17.4 Å². The summed E-state index contributed by atoms with van der Waals surface area (Å²) in [5, 5.41) is 6.66. The van der Waals surface area contributed by atoms with Crippen LogP contribution >= 0.6 is 0 Å². The predicted molar refractivity (Wildman–Crippen MR) is 110 cm³/mol. The topological polar surface area (TPSA) is 77.2 Å². The number of hydrogen-bond acceptors (Lipinski definition) is 5. The Morgan fingerprint density at radius 1 is 0.903 bits per heavy atom. The molecule has 1 heterocycles. The second-order valence-corrected chi connectivity index (χ2v) is 6.71. The molecular formula is C23H17F2N3O3. The molecule has 1 atom stereocenters. The molecule has 0 saturated carbocycles. The van der Waals surface area contributed by atoms with E-state index in [4.69, 9.17) is 9.26 Å². The maximum absolute atomic E-state index is 13.1. The molecule has 6 nitrogen and oxygen atoms in total. The monoisotopic (exact) mass is 421 g/mol. The molecule has 0 saturated heterocycles. The zero-order chi connectivity index (χ0) is 21.8. The van der Waals surface area contributed by atoms with Crippen LogP contribution in [0.1, 0.15) is 6.92 Å². The number of ether oxygens (including phenoxy) is 1. The van der Waals surface area contributed by atoms with E-state index < -0.39 is 6.10 Å². The van der Waals surface area contributed by atoms with Gasteiger partial charge in [-0.25, -0.2) is 8.78 Å². The number of hydrogen-bond donors (Lipinski definition) is 1. The average molecular weight is 421 g/mol. The fourth-order valence-corrected chi connectivity index (χ4v) is 2.77. The fraction of sp³-hybridized carbons (Fsp3) is 0.0870. The highest BCUT2D eigenvalue weighted by molar-refractivity contribution is 5.94. The summed E-state index contributed by atoms with van der Waals surface area (Å²) in [6.45, 7) is 1.60. The zero-order valence-electron chi connectivity index (χ0n) is 16.4. The van der Waals surface area contributed by atoms with Gasteiger partial charge in [0.2, 0.25) is 5.82 Å². The van der Waals surface area contributed by atoms with Crippen LogP contribution in [0, 0.1) is 11.6 Å². The molecule has 156 valence electrons. The van der Waals surface area contributed by atoms with Crippen molar-refractivity contribution in [3.8, 4) is 28.6 Å². The predicted octanol–water partition coefficient (Wildman–Crippen LogP) is 5.09. The standard InChI is InChI=1S/C23H17F2N3O3/c1-14(30-20-12-8-18(25)9-13-20)22(29)26-19-10-4-16(5-11-19)23-27-21(28-31-23)15-2-6-17(24)7-3-15/h2-14H,1H3,(H,26,29)/t14-/m0/s1. The zero-order valence-corrected chi connectivity index (χ0v) is 16.4. The van der Waals surface area contributed by atoms with Gasteiger partial charge in [-0.3, -0.25) is 4.79 Å². The smallest absolute Gasteiger partial charge is 0.265 e. The Kier molecular flexibility index (Phi) is 5.70. The van der Waals surface area contributed by atoms with Crippen molar-refractivity contribution >= 4 is 11.6 Å². The number of rotatable bonds is 6. The van der Waals surface area contributed by atoms with Gasteiger partial charge in [-0.05, 0) is 79.7 Å². The highest BCUT2D eigenvalue weighted by Crippen LogP contribution is 2.24. The average Bonchev–Trinajstić information content (AvgIpc) is 3.26. The third-order valence-corrected chi connectivity index (χ3v) is 4.42. The van der Waals surface area contributed by atoms with Crippen molar-refractivity contribution in [1.29, 1.82) is 0 Å². The number of nitrogens with zero attached hydrogens (tertiary/aromatic N) is 2. The maximum atomic E-state index is 13.1. The lowest BCUT2D eigenvalue weighted by Gasteiger charge is -2.14. The van der Waals surface area contributed by atoms with Gasteiger partial charge < -0.3 is 14.6 Å². The van der Waals surface area contributed by atoms with Crippen molar-refractivity contribution in [2.75, 3.05) is 5.32 Å². The molecule has 0 aliphatic carbocycles. The number of benzene rings is 3. The van der Waals surface area contributed by atoms with E-state index in [2.05, 4.69) is 15.5 Å². The molecule has 0 unspecified atom stereocenters. The van der Waals surface area contributed by atoms with Crippen LogP contribution < -0.4 is 10.1 Å². The Hall–Kier alpha value is -4.07. The van der Waals surface area contributed by atoms with Crippen LogP contribution in [0.2, 0.25) is 0 Å². The molecule has 1 aromatic heterocycles. The summed E-state index contributed by atoms with van der Waals surface area (Å²) < 4.78 is 36.8. The quantitative estimate of drug-likeness (QED) is 0.469. The van der Waals surface area contributed by atoms with E-state index in [9.17, 15) is 13.6 Å². The van der Waals surface area contributed by atoms with E-state index in [-0.39, 0.29) is 17.5 Å².